The van der Waals surface area contributed by atoms with Crippen molar-refractivity contribution in [1.82, 2.24) is 4.98 Å². The molecule has 1 aliphatic rings. The average Bonchev–Trinajstić information content (AvgIpc) is 2.53. The first-order chi connectivity index (χ1) is 10.3. The highest BCUT2D eigenvalue weighted by atomic mass is 16.3. The minimum atomic E-state index is -0.199. The molecule has 0 spiro atoms. The standard InChI is InChI=1S/C19H31NO/c1-2-3-4-5-6-7-8-14-18(21)17-13-9-11-16-12-10-15-20-19(16)17/h10,12,15,17-18,21H,2-9,11,13-14H2,1H3. The van der Waals surface area contributed by atoms with Gasteiger partial charge in [-0.25, -0.2) is 0 Å². The highest BCUT2D eigenvalue weighted by molar-refractivity contribution is 5.26. The fourth-order valence-electron chi connectivity index (χ4n) is 3.53. The topological polar surface area (TPSA) is 33.1 Å². The summed E-state index contributed by atoms with van der Waals surface area (Å²) in [4.78, 5) is 4.54. The molecule has 2 atom stereocenters. The summed E-state index contributed by atoms with van der Waals surface area (Å²) in [6.07, 6.45) is 15.2. The fourth-order valence-corrected chi connectivity index (χ4v) is 3.53. The predicted molar refractivity (Wildman–Crippen MR) is 88.5 cm³/mol. The van der Waals surface area contributed by atoms with Crippen LogP contribution in [0.3, 0.4) is 0 Å². The minimum absolute atomic E-state index is 0.199. The van der Waals surface area contributed by atoms with Crippen LogP contribution in [0.4, 0.5) is 0 Å². The average molecular weight is 289 g/mol. The first-order valence-electron chi connectivity index (χ1n) is 8.94. The summed E-state index contributed by atoms with van der Waals surface area (Å²) in [7, 11) is 0. The Morgan fingerprint density at radius 3 is 2.76 bits per heavy atom. The molecule has 2 rings (SSSR count). The van der Waals surface area contributed by atoms with Gasteiger partial charge in [-0.05, 0) is 37.3 Å². The zero-order valence-electron chi connectivity index (χ0n) is 13.6. The van der Waals surface area contributed by atoms with E-state index in [9.17, 15) is 5.11 Å². The molecule has 0 bridgehead atoms. The fraction of sp³-hybridized carbons (Fsp3) is 0.737. The molecule has 0 radical (unpaired) electrons. The van der Waals surface area contributed by atoms with E-state index in [1.54, 1.807) is 0 Å². The van der Waals surface area contributed by atoms with Crippen LogP contribution in [0.15, 0.2) is 18.3 Å². The third-order valence-electron chi connectivity index (χ3n) is 4.81. The Morgan fingerprint density at radius 1 is 1.19 bits per heavy atom. The number of aryl methyl sites for hydroxylation is 1. The molecule has 1 heterocycles. The number of nitrogens with zero attached hydrogens (tertiary/aromatic N) is 1. The van der Waals surface area contributed by atoms with Crippen LogP contribution in [0.25, 0.3) is 0 Å². The third-order valence-corrected chi connectivity index (χ3v) is 4.81. The van der Waals surface area contributed by atoms with Gasteiger partial charge >= 0.3 is 0 Å². The van der Waals surface area contributed by atoms with Crippen LogP contribution in [-0.2, 0) is 6.42 Å². The lowest BCUT2D eigenvalue weighted by atomic mass is 9.81. The molecule has 118 valence electrons. The molecule has 1 aliphatic carbocycles. The van der Waals surface area contributed by atoms with Gasteiger partial charge in [0.25, 0.3) is 0 Å². The van der Waals surface area contributed by atoms with E-state index in [1.807, 2.05) is 12.3 Å². The Labute approximate surface area is 130 Å². The second-order valence-electron chi connectivity index (χ2n) is 6.52. The van der Waals surface area contributed by atoms with E-state index in [-0.39, 0.29) is 12.0 Å². The maximum atomic E-state index is 10.5. The van der Waals surface area contributed by atoms with Crippen LogP contribution in [-0.4, -0.2) is 16.2 Å². The molecule has 2 heteroatoms. The van der Waals surface area contributed by atoms with E-state index in [1.165, 1.54) is 56.2 Å². The van der Waals surface area contributed by atoms with Crippen molar-refractivity contribution in [2.45, 2.75) is 89.6 Å². The molecule has 0 aromatic carbocycles. The van der Waals surface area contributed by atoms with Gasteiger partial charge in [-0.3, -0.25) is 4.98 Å². The zero-order valence-corrected chi connectivity index (χ0v) is 13.6. The van der Waals surface area contributed by atoms with Crippen molar-refractivity contribution in [3.63, 3.8) is 0 Å². The third kappa shape index (κ3) is 5.10. The van der Waals surface area contributed by atoms with Crippen molar-refractivity contribution in [3.05, 3.63) is 29.6 Å². The van der Waals surface area contributed by atoms with Gasteiger partial charge in [0.05, 0.1) is 6.10 Å². The molecule has 2 nitrogen and oxygen atoms in total. The van der Waals surface area contributed by atoms with Crippen molar-refractivity contribution in [2.75, 3.05) is 0 Å². The highest BCUT2D eigenvalue weighted by Gasteiger charge is 2.27. The van der Waals surface area contributed by atoms with Gasteiger partial charge < -0.3 is 5.11 Å². The SMILES string of the molecule is CCCCCCCCCC(O)C1CCCc2cccnc21. The quantitative estimate of drug-likeness (QED) is 0.649. The predicted octanol–water partition coefficient (Wildman–Crippen LogP) is 5.00. The van der Waals surface area contributed by atoms with Gasteiger partial charge in [0, 0.05) is 17.8 Å². The highest BCUT2D eigenvalue weighted by Crippen LogP contribution is 2.34. The lowest BCUT2D eigenvalue weighted by Gasteiger charge is -2.28. The summed E-state index contributed by atoms with van der Waals surface area (Å²) >= 11 is 0. The lowest BCUT2D eigenvalue weighted by molar-refractivity contribution is 0.120. The van der Waals surface area contributed by atoms with Crippen molar-refractivity contribution in [3.8, 4) is 0 Å². The van der Waals surface area contributed by atoms with Gasteiger partial charge in [0.15, 0.2) is 0 Å². The van der Waals surface area contributed by atoms with E-state index < -0.39 is 0 Å². The van der Waals surface area contributed by atoms with Crippen LogP contribution in [0.5, 0.6) is 0 Å². The Balaban J connectivity index is 1.71. The van der Waals surface area contributed by atoms with Gasteiger partial charge in [0.2, 0.25) is 0 Å². The summed E-state index contributed by atoms with van der Waals surface area (Å²) in [5.74, 6) is 0.273. The lowest BCUT2D eigenvalue weighted by Crippen LogP contribution is -2.24. The maximum absolute atomic E-state index is 10.5. The Bertz CT molecular complexity index is 404. The molecule has 0 aliphatic heterocycles. The molecule has 21 heavy (non-hydrogen) atoms. The van der Waals surface area contributed by atoms with Gasteiger partial charge in [-0.2, -0.15) is 0 Å². The number of fused-ring (bicyclic) bond motifs is 1. The maximum Gasteiger partial charge on any atom is 0.0623 e. The van der Waals surface area contributed by atoms with E-state index in [2.05, 4.69) is 18.0 Å². The number of hydrogen-bond donors (Lipinski definition) is 1. The molecule has 1 aromatic rings. The van der Waals surface area contributed by atoms with Crippen molar-refractivity contribution >= 4 is 0 Å². The number of hydrogen-bond acceptors (Lipinski definition) is 2. The van der Waals surface area contributed by atoms with Gasteiger partial charge in [-0.15, -0.1) is 0 Å². The number of aliphatic hydroxyl groups excluding tert-OH is 1. The summed E-state index contributed by atoms with van der Waals surface area (Å²) < 4.78 is 0. The summed E-state index contributed by atoms with van der Waals surface area (Å²) in [6.45, 7) is 2.26. The van der Waals surface area contributed by atoms with Crippen LogP contribution in [0, 0.1) is 0 Å². The molecule has 2 unspecified atom stereocenters. The largest absolute Gasteiger partial charge is 0.392 e. The van der Waals surface area contributed by atoms with Crippen molar-refractivity contribution < 1.29 is 5.11 Å². The zero-order chi connectivity index (χ0) is 14.9. The number of aliphatic hydroxyl groups is 1. The first kappa shape index (κ1) is 16.5. The van der Waals surface area contributed by atoms with Gasteiger partial charge in [-0.1, -0.05) is 57.9 Å². The van der Waals surface area contributed by atoms with E-state index in [0.717, 1.165) is 25.7 Å². The van der Waals surface area contributed by atoms with Crippen LogP contribution < -0.4 is 0 Å². The molecular formula is C19H31NO. The molecule has 0 saturated heterocycles. The summed E-state index contributed by atoms with van der Waals surface area (Å²) in [6, 6.07) is 4.19. The van der Waals surface area contributed by atoms with Crippen LogP contribution in [0.2, 0.25) is 0 Å². The van der Waals surface area contributed by atoms with E-state index in [0.29, 0.717) is 0 Å². The number of pyridine rings is 1. The minimum Gasteiger partial charge on any atom is -0.392 e. The Hall–Kier alpha value is -0.890. The summed E-state index contributed by atoms with van der Waals surface area (Å²) in [5.41, 5.74) is 2.52. The monoisotopic (exact) mass is 289 g/mol. The summed E-state index contributed by atoms with van der Waals surface area (Å²) in [5, 5.41) is 10.5. The molecule has 0 saturated carbocycles. The first-order valence-corrected chi connectivity index (χ1v) is 8.94. The molecule has 1 aromatic heterocycles. The smallest absolute Gasteiger partial charge is 0.0623 e. The second kappa shape index (κ2) is 9.19. The normalized spacial score (nSPS) is 19.2. The van der Waals surface area contributed by atoms with E-state index in [4.69, 9.17) is 0 Å². The Morgan fingerprint density at radius 2 is 1.95 bits per heavy atom. The van der Waals surface area contributed by atoms with Crippen molar-refractivity contribution in [1.29, 1.82) is 0 Å². The number of unbranched alkanes of at least 4 members (excludes halogenated alkanes) is 6. The molecular weight excluding hydrogens is 258 g/mol. The molecule has 0 amide bonds. The molecule has 0 fully saturated rings. The Kier molecular flexibility index (Phi) is 7.21. The van der Waals surface area contributed by atoms with Gasteiger partial charge in [0.1, 0.15) is 0 Å². The molecule has 1 N–H and O–H groups in total. The van der Waals surface area contributed by atoms with Crippen molar-refractivity contribution in [2.24, 2.45) is 0 Å². The van der Waals surface area contributed by atoms with Crippen LogP contribution in [0.1, 0.15) is 88.3 Å². The second-order valence-corrected chi connectivity index (χ2v) is 6.52. The number of rotatable bonds is 9. The van der Waals surface area contributed by atoms with E-state index >= 15 is 0 Å². The number of aromatic nitrogens is 1. The van der Waals surface area contributed by atoms with Crippen LogP contribution >= 0.6 is 0 Å².